The van der Waals surface area contributed by atoms with Gasteiger partial charge in [-0.2, -0.15) is 4.68 Å². The lowest BCUT2D eigenvalue weighted by atomic mass is 10.1. The molecule has 8 heteroatoms. The molecular formula is C23H21N5O3. The molecule has 8 nitrogen and oxygen atoms in total. The van der Waals surface area contributed by atoms with Gasteiger partial charge in [0.1, 0.15) is 18.4 Å². The van der Waals surface area contributed by atoms with Crippen molar-refractivity contribution in [2.24, 2.45) is 5.73 Å². The summed E-state index contributed by atoms with van der Waals surface area (Å²) in [5.74, 6) is -1.07. The van der Waals surface area contributed by atoms with Gasteiger partial charge in [-0.15, -0.1) is 0 Å². The first kappa shape index (κ1) is 15.8. The Morgan fingerprint density at radius 1 is 1.00 bits per heavy atom. The van der Waals surface area contributed by atoms with Gasteiger partial charge in [0.25, 0.3) is 0 Å². The number of benzene rings is 3. The Hall–Kier alpha value is -4.04. The van der Waals surface area contributed by atoms with Crippen molar-refractivity contribution in [3.8, 4) is 17.4 Å². The number of ether oxygens (including phenoxy) is 2. The summed E-state index contributed by atoms with van der Waals surface area (Å²) < 4.78 is 45.5. The van der Waals surface area contributed by atoms with E-state index in [2.05, 4.69) is 15.5 Å². The third kappa shape index (κ3) is 5.31. The number of carbonyl (C=O) groups excluding carboxylic acids is 1. The maximum Gasteiger partial charge on any atom is 0.345 e. The van der Waals surface area contributed by atoms with Crippen molar-refractivity contribution >= 4 is 5.97 Å². The molecule has 0 saturated carbocycles. The van der Waals surface area contributed by atoms with E-state index in [1.165, 1.54) is 4.68 Å². The highest BCUT2D eigenvalue weighted by atomic mass is 16.5. The van der Waals surface area contributed by atoms with Gasteiger partial charge in [0.05, 0.1) is 11.2 Å². The average molecular weight is 419 g/mol. The molecule has 4 aromatic rings. The summed E-state index contributed by atoms with van der Waals surface area (Å²) in [5.41, 5.74) is 7.30. The lowest BCUT2D eigenvalue weighted by Crippen LogP contribution is -2.34. The van der Waals surface area contributed by atoms with E-state index in [0.29, 0.717) is 5.69 Å². The van der Waals surface area contributed by atoms with Crippen LogP contribution in [-0.4, -0.2) is 32.2 Å². The largest absolute Gasteiger partial charge is 0.460 e. The average Bonchev–Trinajstić information content (AvgIpc) is 3.36. The molecule has 0 saturated heterocycles. The van der Waals surface area contributed by atoms with Gasteiger partial charge in [-0.3, -0.25) is 4.79 Å². The number of esters is 1. The Labute approximate surface area is 184 Å². The van der Waals surface area contributed by atoms with Gasteiger partial charge >= 0.3 is 12.0 Å². The molecule has 0 aliphatic rings. The second-order valence-electron chi connectivity index (χ2n) is 6.52. The number of para-hydroxylation sites is 1. The number of nitrogens with zero attached hydrogens (tertiary/aromatic N) is 4. The molecule has 31 heavy (non-hydrogen) atoms. The fraction of sp³-hybridized carbons (Fsp3) is 0.130. The summed E-state index contributed by atoms with van der Waals surface area (Å²) in [6.45, 7) is 0.0329. The lowest BCUT2D eigenvalue weighted by Gasteiger charge is -2.12. The van der Waals surface area contributed by atoms with Crippen LogP contribution in [0.5, 0.6) is 11.8 Å². The first-order chi connectivity index (χ1) is 16.9. The molecule has 1 atom stereocenters. The summed E-state index contributed by atoms with van der Waals surface area (Å²) >= 11 is 0. The number of rotatable bonds is 8. The minimum atomic E-state index is -1.18. The van der Waals surface area contributed by atoms with Crippen LogP contribution in [-0.2, 0) is 22.6 Å². The van der Waals surface area contributed by atoms with E-state index in [1.807, 2.05) is 24.3 Å². The molecule has 4 rings (SSSR count). The zero-order valence-corrected chi connectivity index (χ0v) is 16.4. The van der Waals surface area contributed by atoms with Crippen LogP contribution in [0.3, 0.4) is 0 Å². The monoisotopic (exact) mass is 419 g/mol. The molecule has 0 spiro atoms. The third-order valence-electron chi connectivity index (χ3n) is 4.24. The molecule has 2 N–H and O–H groups in total. The highest BCUT2D eigenvalue weighted by Crippen LogP contribution is 2.21. The molecule has 3 aromatic carbocycles. The topological polar surface area (TPSA) is 105 Å². The zero-order chi connectivity index (χ0) is 24.9. The Bertz CT molecular complexity index is 1310. The zero-order valence-electron chi connectivity index (χ0n) is 20.4. The number of hydrogen-bond donors (Lipinski definition) is 1. The fourth-order valence-corrected chi connectivity index (χ4v) is 2.68. The number of tetrazole rings is 1. The normalized spacial score (nSPS) is 13.5. The Morgan fingerprint density at radius 3 is 2.39 bits per heavy atom. The molecule has 0 aliphatic carbocycles. The highest BCUT2D eigenvalue weighted by molar-refractivity contribution is 5.75. The summed E-state index contributed by atoms with van der Waals surface area (Å²) in [7, 11) is 0. The van der Waals surface area contributed by atoms with E-state index in [4.69, 9.17) is 20.7 Å². The number of nitrogens with two attached hydrogens (primary N) is 1. The summed E-state index contributed by atoms with van der Waals surface area (Å²) in [6, 6.07) is 14.9. The van der Waals surface area contributed by atoms with Gasteiger partial charge in [-0.1, -0.05) is 65.7 Å². The minimum Gasteiger partial charge on any atom is -0.460 e. The first-order valence-electron chi connectivity index (χ1n) is 11.4. The van der Waals surface area contributed by atoms with E-state index >= 15 is 0 Å². The lowest BCUT2D eigenvalue weighted by molar-refractivity contribution is -0.146. The van der Waals surface area contributed by atoms with Crippen LogP contribution in [0.25, 0.3) is 5.69 Å². The van der Waals surface area contributed by atoms with Crippen molar-refractivity contribution in [1.29, 1.82) is 0 Å². The van der Waals surface area contributed by atoms with Crippen LogP contribution in [0, 0.1) is 0 Å². The van der Waals surface area contributed by atoms with Crippen molar-refractivity contribution in [1.82, 2.24) is 20.2 Å². The Morgan fingerprint density at radius 2 is 1.68 bits per heavy atom. The second-order valence-corrected chi connectivity index (χ2v) is 6.52. The molecule has 0 radical (unpaired) electrons. The van der Waals surface area contributed by atoms with Crippen LogP contribution in [0.1, 0.15) is 16.6 Å². The standard InChI is InChI=1S/C23H21N5O3/c24-21(22(29)30-16-18-7-3-1-4-8-18)15-17-11-13-20(14-12-17)31-23-25-26-27-28(23)19-9-5-2-6-10-19/h1-14,21H,15-16,24H2/t21-/m0/s1/i11D,12D,13D,14D. The van der Waals surface area contributed by atoms with Crippen molar-refractivity contribution in [2.45, 2.75) is 19.1 Å². The maximum atomic E-state index is 12.4. The van der Waals surface area contributed by atoms with Gasteiger partial charge < -0.3 is 15.2 Å². The third-order valence-corrected chi connectivity index (χ3v) is 4.24. The smallest absolute Gasteiger partial charge is 0.345 e. The molecule has 0 amide bonds. The summed E-state index contributed by atoms with van der Waals surface area (Å²) in [6.07, 6.45) is -0.245. The minimum absolute atomic E-state index is 0.0286. The van der Waals surface area contributed by atoms with Crippen LogP contribution < -0.4 is 10.5 Å². The number of carbonyl (C=O) groups is 1. The Kier molecular flexibility index (Phi) is 4.90. The van der Waals surface area contributed by atoms with Crippen molar-refractivity contribution < 1.29 is 19.8 Å². The van der Waals surface area contributed by atoms with E-state index in [0.717, 1.165) is 5.56 Å². The molecule has 1 aromatic heterocycles. The number of hydrogen-bond acceptors (Lipinski definition) is 7. The van der Waals surface area contributed by atoms with Crippen LogP contribution >= 0.6 is 0 Å². The summed E-state index contributed by atoms with van der Waals surface area (Å²) in [4.78, 5) is 12.4. The fourth-order valence-electron chi connectivity index (χ4n) is 2.68. The summed E-state index contributed by atoms with van der Waals surface area (Å²) in [5, 5.41) is 11.2. The van der Waals surface area contributed by atoms with Crippen molar-refractivity contribution in [2.75, 3.05) is 0 Å². The first-order valence-corrected chi connectivity index (χ1v) is 9.43. The van der Waals surface area contributed by atoms with E-state index in [1.54, 1.807) is 36.4 Å². The second kappa shape index (κ2) is 9.64. The molecule has 1 heterocycles. The molecule has 156 valence electrons. The highest BCUT2D eigenvalue weighted by Gasteiger charge is 2.16. The van der Waals surface area contributed by atoms with Gasteiger partial charge in [-0.05, 0) is 52.2 Å². The molecule has 0 unspecified atom stereocenters. The van der Waals surface area contributed by atoms with E-state index < -0.39 is 24.1 Å². The number of aromatic nitrogens is 4. The molecule has 0 aliphatic heterocycles. The van der Waals surface area contributed by atoms with Crippen molar-refractivity contribution in [3.63, 3.8) is 0 Å². The SMILES string of the molecule is [2H]c1c([2H])c(Oc2nnnn2-c2ccccc2)c([2H])c([2H])c1C[C@H](N)C(=O)OCc1ccccc1. The quantitative estimate of drug-likeness (QED) is 0.438. The van der Waals surface area contributed by atoms with Crippen molar-refractivity contribution in [3.05, 3.63) is 96.0 Å². The van der Waals surface area contributed by atoms with Gasteiger partial charge in [0.15, 0.2) is 0 Å². The van der Waals surface area contributed by atoms with Crippen LogP contribution in [0.2, 0.25) is 0 Å². The predicted octanol–water partition coefficient (Wildman–Crippen LogP) is 3.07. The van der Waals surface area contributed by atoms with Gasteiger partial charge in [0.2, 0.25) is 0 Å². The van der Waals surface area contributed by atoms with Crippen LogP contribution in [0.4, 0.5) is 0 Å². The van der Waals surface area contributed by atoms with Gasteiger partial charge in [-0.25, -0.2) is 0 Å². The van der Waals surface area contributed by atoms with E-state index in [9.17, 15) is 4.79 Å². The van der Waals surface area contributed by atoms with Crippen LogP contribution in [0.15, 0.2) is 84.8 Å². The van der Waals surface area contributed by atoms with Gasteiger partial charge in [0, 0.05) is 0 Å². The molecular weight excluding hydrogens is 394 g/mol. The maximum absolute atomic E-state index is 12.4. The van der Waals surface area contributed by atoms with E-state index in [-0.39, 0.29) is 42.4 Å². The predicted molar refractivity (Wildman–Crippen MR) is 114 cm³/mol. The Balaban J connectivity index is 1.54. The molecule has 0 fully saturated rings. The molecule has 0 bridgehead atoms.